The number of benzene rings is 1. The lowest BCUT2D eigenvalue weighted by Crippen LogP contribution is -2.31. The fourth-order valence-electron chi connectivity index (χ4n) is 1.51. The van der Waals surface area contributed by atoms with Crippen LogP contribution in [-0.4, -0.2) is 34.7 Å². The van der Waals surface area contributed by atoms with E-state index in [0.717, 1.165) is 12.1 Å². The van der Waals surface area contributed by atoms with Crippen LogP contribution in [0.15, 0.2) is 24.3 Å². The first kappa shape index (κ1) is 11.7. The van der Waals surface area contributed by atoms with Crippen LogP contribution in [-0.2, 0) is 9.59 Å². The molecule has 0 aromatic heterocycles. The highest BCUT2D eigenvalue weighted by Gasteiger charge is 2.43. The number of rotatable bonds is 2. The first-order valence-corrected chi connectivity index (χ1v) is 4.84. The number of hydrogen-bond donors (Lipinski definition) is 0. The lowest BCUT2D eigenvalue weighted by Gasteiger charge is -2.12. The Bertz CT molecular complexity index is 565. The summed E-state index contributed by atoms with van der Waals surface area (Å²) in [5.41, 5.74) is -0.0502. The van der Waals surface area contributed by atoms with Gasteiger partial charge >= 0.3 is 17.8 Å². The van der Waals surface area contributed by atoms with Crippen molar-refractivity contribution in [1.82, 2.24) is 4.90 Å². The third-order valence-corrected chi connectivity index (χ3v) is 2.49. The average Bonchev–Trinajstić information content (AvgIpc) is 2.54. The Morgan fingerprint density at radius 3 is 2.00 bits per heavy atom. The maximum Gasteiger partial charge on any atom is 0.338 e. The molecule has 8 heteroatoms. The minimum absolute atomic E-state index is 0.119. The van der Waals surface area contributed by atoms with Gasteiger partial charge in [0.2, 0.25) is 0 Å². The number of carbonyl (C=O) groups is 3. The van der Waals surface area contributed by atoms with Gasteiger partial charge in [0.15, 0.2) is 0 Å². The topological polar surface area (TPSA) is 101 Å². The van der Waals surface area contributed by atoms with Gasteiger partial charge in [0.1, 0.15) is 0 Å². The van der Waals surface area contributed by atoms with Crippen LogP contribution in [0.3, 0.4) is 0 Å². The molecule has 1 saturated heterocycles. The van der Waals surface area contributed by atoms with E-state index in [2.05, 4.69) is 0 Å². The zero-order valence-corrected chi connectivity index (χ0v) is 9.19. The molecule has 1 aromatic carbocycles. The van der Waals surface area contributed by atoms with Crippen molar-refractivity contribution < 1.29 is 19.3 Å². The van der Waals surface area contributed by atoms with E-state index < -0.39 is 22.8 Å². The maximum absolute atomic E-state index is 11.6. The summed E-state index contributed by atoms with van der Waals surface area (Å²) < 4.78 is 0. The molecule has 0 spiro atoms. The van der Waals surface area contributed by atoms with Gasteiger partial charge in [-0.25, -0.2) is 9.69 Å². The first-order valence-electron chi connectivity index (χ1n) is 4.84. The Hall–Kier alpha value is -2.77. The number of nitro groups is 1. The van der Waals surface area contributed by atoms with Crippen molar-refractivity contribution in [3.8, 4) is 0 Å². The standard InChI is InChI=1S/C10H7N3O5/c1-11-8(14)9(15)12(10(11)16)6-2-4-7(5-3-6)13(17)18/h2-5H,1H3. The molecule has 0 N–H and O–H groups in total. The summed E-state index contributed by atoms with van der Waals surface area (Å²) >= 11 is 0. The van der Waals surface area contributed by atoms with Gasteiger partial charge in [-0.15, -0.1) is 0 Å². The third-order valence-electron chi connectivity index (χ3n) is 2.49. The van der Waals surface area contributed by atoms with Crippen LogP contribution in [0.2, 0.25) is 0 Å². The van der Waals surface area contributed by atoms with Gasteiger partial charge in [0.05, 0.1) is 10.6 Å². The van der Waals surface area contributed by atoms with Crippen LogP contribution in [0, 0.1) is 10.1 Å². The van der Waals surface area contributed by atoms with Gasteiger partial charge in [-0.3, -0.25) is 24.6 Å². The Kier molecular flexibility index (Phi) is 2.55. The number of amides is 4. The molecule has 1 aromatic rings. The second-order valence-electron chi connectivity index (χ2n) is 3.56. The first-order chi connectivity index (χ1) is 8.43. The van der Waals surface area contributed by atoms with E-state index >= 15 is 0 Å². The smallest absolute Gasteiger partial charge is 0.263 e. The molecule has 4 amide bonds. The summed E-state index contributed by atoms with van der Waals surface area (Å²) in [5, 5.41) is 10.5. The van der Waals surface area contributed by atoms with E-state index in [1.54, 1.807) is 0 Å². The summed E-state index contributed by atoms with van der Waals surface area (Å²) in [5.74, 6) is -1.91. The van der Waals surface area contributed by atoms with Gasteiger partial charge in [-0.1, -0.05) is 0 Å². The summed E-state index contributed by atoms with van der Waals surface area (Å²) in [7, 11) is 1.19. The summed E-state index contributed by atoms with van der Waals surface area (Å²) in [6.45, 7) is 0. The normalized spacial score (nSPS) is 15.5. The number of carbonyl (C=O) groups excluding carboxylic acids is 3. The van der Waals surface area contributed by atoms with E-state index in [1.165, 1.54) is 19.2 Å². The van der Waals surface area contributed by atoms with Crippen molar-refractivity contribution >= 4 is 29.2 Å². The maximum atomic E-state index is 11.6. The Morgan fingerprint density at radius 2 is 1.61 bits per heavy atom. The zero-order chi connectivity index (χ0) is 13.4. The molecule has 2 rings (SSSR count). The van der Waals surface area contributed by atoms with Crippen LogP contribution >= 0.6 is 0 Å². The quantitative estimate of drug-likeness (QED) is 0.329. The molecule has 92 valence electrons. The van der Waals surface area contributed by atoms with E-state index in [0.29, 0.717) is 9.80 Å². The predicted molar refractivity (Wildman–Crippen MR) is 58.7 cm³/mol. The van der Waals surface area contributed by atoms with Crippen molar-refractivity contribution in [2.45, 2.75) is 0 Å². The predicted octanol–water partition coefficient (Wildman–Crippen LogP) is 0.520. The van der Waals surface area contributed by atoms with E-state index in [1.807, 2.05) is 0 Å². The van der Waals surface area contributed by atoms with Crippen molar-refractivity contribution in [1.29, 1.82) is 0 Å². The molecular formula is C10H7N3O5. The van der Waals surface area contributed by atoms with Gasteiger partial charge in [-0.2, -0.15) is 0 Å². The highest BCUT2D eigenvalue weighted by Crippen LogP contribution is 2.23. The van der Waals surface area contributed by atoms with Crippen LogP contribution < -0.4 is 4.90 Å². The molecule has 1 aliphatic heterocycles. The van der Waals surface area contributed by atoms with Crippen molar-refractivity contribution in [3.05, 3.63) is 34.4 Å². The number of urea groups is 1. The second-order valence-corrected chi connectivity index (χ2v) is 3.56. The number of nitrogens with zero attached hydrogens (tertiary/aromatic N) is 3. The Morgan fingerprint density at radius 1 is 1.06 bits per heavy atom. The van der Waals surface area contributed by atoms with Crippen LogP contribution in [0.25, 0.3) is 0 Å². The minimum Gasteiger partial charge on any atom is -0.263 e. The molecule has 0 aliphatic carbocycles. The van der Waals surface area contributed by atoms with E-state index in [-0.39, 0.29) is 11.4 Å². The lowest BCUT2D eigenvalue weighted by molar-refractivity contribution is -0.384. The van der Waals surface area contributed by atoms with Gasteiger partial charge in [0.25, 0.3) is 5.69 Å². The Labute approximate surface area is 101 Å². The fraction of sp³-hybridized carbons (Fsp3) is 0.100. The number of non-ortho nitro benzene ring substituents is 1. The number of imide groups is 2. The minimum atomic E-state index is -0.976. The molecule has 0 bridgehead atoms. The number of hydrogen-bond acceptors (Lipinski definition) is 5. The van der Waals surface area contributed by atoms with Crippen molar-refractivity contribution in [2.75, 3.05) is 11.9 Å². The van der Waals surface area contributed by atoms with Gasteiger partial charge < -0.3 is 0 Å². The second kappa shape index (κ2) is 3.91. The summed E-state index contributed by atoms with van der Waals surface area (Å²) in [6.07, 6.45) is 0. The summed E-state index contributed by atoms with van der Waals surface area (Å²) in [6, 6.07) is 4.00. The van der Waals surface area contributed by atoms with Gasteiger partial charge in [-0.05, 0) is 12.1 Å². The van der Waals surface area contributed by atoms with Crippen molar-refractivity contribution in [2.24, 2.45) is 0 Å². The molecule has 1 fully saturated rings. The lowest BCUT2D eigenvalue weighted by atomic mass is 10.2. The number of anilines is 1. The molecular weight excluding hydrogens is 242 g/mol. The SMILES string of the molecule is CN1C(=O)C(=O)N(c2ccc([N+](=O)[O-])cc2)C1=O. The highest BCUT2D eigenvalue weighted by molar-refractivity contribution is 6.52. The number of likely N-dealkylation sites (N-methyl/N-ethyl adjacent to an activating group) is 1. The summed E-state index contributed by atoms with van der Waals surface area (Å²) in [4.78, 5) is 45.6. The van der Waals surface area contributed by atoms with E-state index in [4.69, 9.17) is 0 Å². The fourth-order valence-corrected chi connectivity index (χ4v) is 1.51. The van der Waals surface area contributed by atoms with Crippen molar-refractivity contribution in [3.63, 3.8) is 0 Å². The van der Waals surface area contributed by atoms with Crippen LogP contribution in [0.1, 0.15) is 0 Å². The van der Waals surface area contributed by atoms with Crippen LogP contribution in [0.5, 0.6) is 0 Å². The molecule has 8 nitrogen and oxygen atoms in total. The van der Waals surface area contributed by atoms with Crippen LogP contribution in [0.4, 0.5) is 16.2 Å². The third kappa shape index (κ3) is 1.59. The monoisotopic (exact) mass is 249 g/mol. The largest absolute Gasteiger partial charge is 0.338 e. The number of nitro benzene ring substituents is 1. The zero-order valence-electron chi connectivity index (χ0n) is 9.19. The molecule has 0 atom stereocenters. The molecule has 18 heavy (non-hydrogen) atoms. The average molecular weight is 249 g/mol. The molecule has 0 saturated carbocycles. The molecule has 0 radical (unpaired) electrons. The molecule has 0 unspecified atom stereocenters. The molecule has 1 heterocycles. The van der Waals surface area contributed by atoms with E-state index in [9.17, 15) is 24.5 Å². The van der Waals surface area contributed by atoms with Gasteiger partial charge in [0, 0.05) is 19.2 Å². The molecule has 1 aliphatic rings. The highest BCUT2D eigenvalue weighted by atomic mass is 16.6. The Balaban J connectivity index is 2.38.